The molecule has 3 aromatic rings. The summed E-state index contributed by atoms with van der Waals surface area (Å²) >= 11 is 1.59. The molecule has 0 saturated carbocycles. The van der Waals surface area contributed by atoms with Gasteiger partial charge in [0.05, 0.1) is 12.9 Å². The van der Waals surface area contributed by atoms with Gasteiger partial charge in [0.2, 0.25) is 0 Å². The molecule has 0 unspecified atom stereocenters. The lowest BCUT2D eigenvalue weighted by atomic mass is 10.2. The Morgan fingerprint density at radius 1 is 1.08 bits per heavy atom. The highest BCUT2D eigenvalue weighted by molar-refractivity contribution is 7.98. The Morgan fingerprint density at radius 2 is 1.88 bits per heavy atom. The summed E-state index contributed by atoms with van der Waals surface area (Å²) in [5, 5.41) is 21.4. The molecule has 2 heterocycles. The minimum absolute atomic E-state index is 0.660. The smallest absolute Gasteiger partial charge is 0.191 e. The van der Waals surface area contributed by atoms with Crippen molar-refractivity contribution in [1.82, 2.24) is 35.0 Å². The van der Waals surface area contributed by atoms with Gasteiger partial charge in [-0.05, 0) is 48.0 Å². The molecule has 1 aromatic carbocycles. The number of aromatic nitrogens is 7. The third kappa shape index (κ3) is 3.81. The molecule has 2 aromatic heterocycles. The van der Waals surface area contributed by atoms with E-state index in [1.807, 2.05) is 28.9 Å². The number of hydrogen-bond donors (Lipinski definition) is 0. The van der Waals surface area contributed by atoms with E-state index in [1.165, 1.54) is 0 Å². The summed E-state index contributed by atoms with van der Waals surface area (Å²) in [7, 11) is 1.66. The average molecular weight is 359 g/mol. The maximum atomic E-state index is 5.21. The second kappa shape index (κ2) is 8.11. The second-order valence-corrected chi connectivity index (χ2v) is 6.33. The maximum absolute atomic E-state index is 5.21. The number of benzene rings is 1. The maximum Gasteiger partial charge on any atom is 0.191 e. The Hall–Kier alpha value is -2.42. The van der Waals surface area contributed by atoms with Gasteiger partial charge >= 0.3 is 0 Å². The minimum atomic E-state index is 0.660. The van der Waals surface area contributed by atoms with Gasteiger partial charge in [-0.1, -0.05) is 18.7 Å². The van der Waals surface area contributed by atoms with E-state index in [2.05, 4.69) is 44.1 Å². The Morgan fingerprint density at radius 3 is 2.56 bits per heavy atom. The number of nitrogens with zero attached hydrogens (tertiary/aromatic N) is 7. The quantitative estimate of drug-likeness (QED) is 0.572. The molecular formula is C16H21N7OS. The van der Waals surface area contributed by atoms with Crippen molar-refractivity contribution in [2.24, 2.45) is 0 Å². The summed E-state index contributed by atoms with van der Waals surface area (Å²) in [5.41, 5.74) is 1.01. The van der Waals surface area contributed by atoms with Crippen molar-refractivity contribution < 1.29 is 4.74 Å². The van der Waals surface area contributed by atoms with Crippen LogP contribution < -0.4 is 4.74 Å². The molecule has 0 N–H and O–H groups in total. The van der Waals surface area contributed by atoms with Crippen molar-refractivity contribution in [3.05, 3.63) is 30.1 Å². The molecule has 0 aliphatic carbocycles. The Kier molecular flexibility index (Phi) is 5.64. The van der Waals surface area contributed by atoms with Gasteiger partial charge in [-0.15, -0.1) is 15.3 Å². The van der Waals surface area contributed by atoms with Crippen molar-refractivity contribution in [3.8, 4) is 17.1 Å². The molecule has 0 amide bonds. The number of thioether (sulfide) groups is 1. The Labute approximate surface area is 150 Å². The molecule has 8 nitrogen and oxygen atoms in total. The molecule has 132 valence electrons. The van der Waals surface area contributed by atoms with Gasteiger partial charge in [0.1, 0.15) is 5.75 Å². The van der Waals surface area contributed by atoms with E-state index in [-0.39, 0.29) is 0 Å². The molecule has 9 heteroatoms. The SMILES string of the molecule is CCCn1nnnc1CSc1nnc(-c2ccc(OC)cc2)n1CC. The van der Waals surface area contributed by atoms with Crippen molar-refractivity contribution in [3.63, 3.8) is 0 Å². The Bertz CT molecular complexity index is 812. The first-order valence-corrected chi connectivity index (χ1v) is 9.20. The van der Waals surface area contributed by atoms with E-state index in [9.17, 15) is 0 Å². The zero-order valence-electron chi connectivity index (χ0n) is 14.6. The third-order valence-corrected chi connectivity index (χ3v) is 4.72. The number of aryl methyl sites for hydroxylation is 1. The minimum Gasteiger partial charge on any atom is -0.497 e. The fourth-order valence-corrected chi connectivity index (χ4v) is 3.41. The van der Waals surface area contributed by atoms with E-state index >= 15 is 0 Å². The van der Waals surface area contributed by atoms with Crippen LogP contribution >= 0.6 is 11.8 Å². The van der Waals surface area contributed by atoms with Crippen molar-refractivity contribution in [1.29, 1.82) is 0 Å². The lowest BCUT2D eigenvalue weighted by Crippen LogP contribution is -2.05. The van der Waals surface area contributed by atoms with Gasteiger partial charge < -0.3 is 9.30 Å². The zero-order chi connectivity index (χ0) is 17.6. The van der Waals surface area contributed by atoms with Crippen LogP contribution in [0, 0.1) is 0 Å². The fourth-order valence-electron chi connectivity index (χ4n) is 2.48. The summed E-state index contributed by atoms with van der Waals surface area (Å²) in [6.45, 7) is 5.80. The van der Waals surface area contributed by atoms with Crippen LogP contribution in [-0.4, -0.2) is 42.1 Å². The van der Waals surface area contributed by atoms with E-state index < -0.39 is 0 Å². The molecule has 3 rings (SSSR count). The molecule has 25 heavy (non-hydrogen) atoms. The zero-order valence-corrected chi connectivity index (χ0v) is 15.4. The molecular weight excluding hydrogens is 338 g/mol. The predicted octanol–water partition coefficient (Wildman–Crippen LogP) is 2.66. The van der Waals surface area contributed by atoms with Gasteiger partial charge in [0.15, 0.2) is 16.8 Å². The summed E-state index contributed by atoms with van der Waals surface area (Å²) in [5.74, 6) is 3.18. The molecule has 0 atom stereocenters. The number of tetrazole rings is 1. The first-order chi connectivity index (χ1) is 12.3. The van der Waals surface area contributed by atoms with Crippen LogP contribution in [0.3, 0.4) is 0 Å². The van der Waals surface area contributed by atoms with Gasteiger partial charge in [-0.25, -0.2) is 4.68 Å². The normalized spacial score (nSPS) is 11.0. The monoisotopic (exact) mass is 359 g/mol. The van der Waals surface area contributed by atoms with E-state index in [0.29, 0.717) is 5.75 Å². The van der Waals surface area contributed by atoms with Crippen molar-refractivity contribution >= 4 is 11.8 Å². The van der Waals surface area contributed by atoms with Crippen LogP contribution in [0.1, 0.15) is 26.1 Å². The summed E-state index contributed by atoms with van der Waals surface area (Å²) in [6.07, 6.45) is 0.996. The molecule has 0 radical (unpaired) electrons. The molecule has 0 bridgehead atoms. The third-order valence-electron chi connectivity index (χ3n) is 3.75. The first-order valence-electron chi connectivity index (χ1n) is 8.22. The fraction of sp³-hybridized carbons (Fsp3) is 0.438. The second-order valence-electron chi connectivity index (χ2n) is 5.39. The van der Waals surface area contributed by atoms with Gasteiger partial charge in [0, 0.05) is 18.7 Å². The lowest BCUT2D eigenvalue weighted by Gasteiger charge is -2.08. The van der Waals surface area contributed by atoms with Crippen LogP contribution in [-0.2, 0) is 18.8 Å². The summed E-state index contributed by atoms with van der Waals surface area (Å²) in [4.78, 5) is 0. The topological polar surface area (TPSA) is 83.5 Å². The van der Waals surface area contributed by atoms with Crippen LogP contribution in [0.2, 0.25) is 0 Å². The highest BCUT2D eigenvalue weighted by Gasteiger charge is 2.15. The van der Waals surface area contributed by atoms with E-state index in [0.717, 1.165) is 47.6 Å². The highest BCUT2D eigenvalue weighted by atomic mass is 32.2. The van der Waals surface area contributed by atoms with Crippen LogP contribution in [0.4, 0.5) is 0 Å². The summed E-state index contributed by atoms with van der Waals surface area (Å²) < 4.78 is 9.14. The molecule has 0 spiro atoms. The standard InChI is InChI=1S/C16H21N7OS/c1-4-10-23-14(17-20-21-23)11-25-16-19-18-15(22(16)5-2)12-6-8-13(24-3)9-7-12/h6-9H,4-5,10-11H2,1-3H3. The predicted molar refractivity (Wildman–Crippen MR) is 95.4 cm³/mol. The van der Waals surface area contributed by atoms with Crippen molar-refractivity contribution in [2.45, 2.75) is 44.3 Å². The Balaban J connectivity index is 1.78. The number of rotatable bonds is 8. The van der Waals surface area contributed by atoms with Gasteiger partial charge in [0.25, 0.3) is 0 Å². The van der Waals surface area contributed by atoms with Gasteiger partial charge in [-0.2, -0.15) is 0 Å². The lowest BCUT2D eigenvalue weighted by molar-refractivity contribution is 0.415. The van der Waals surface area contributed by atoms with Crippen LogP contribution in [0.15, 0.2) is 29.4 Å². The van der Waals surface area contributed by atoms with Crippen molar-refractivity contribution in [2.75, 3.05) is 7.11 Å². The number of hydrogen-bond acceptors (Lipinski definition) is 7. The number of ether oxygens (including phenoxy) is 1. The van der Waals surface area contributed by atoms with Crippen LogP contribution in [0.25, 0.3) is 11.4 Å². The highest BCUT2D eigenvalue weighted by Crippen LogP contribution is 2.27. The van der Waals surface area contributed by atoms with E-state index in [4.69, 9.17) is 4.74 Å². The number of methoxy groups -OCH3 is 1. The molecule has 0 fully saturated rings. The first kappa shape index (κ1) is 17.4. The summed E-state index contributed by atoms with van der Waals surface area (Å²) in [6, 6.07) is 7.84. The molecule has 0 aliphatic rings. The van der Waals surface area contributed by atoms with E-state index in [1.54, 1.807) is 18.9 Å². The molecule has 0 aliphatic heterocycles. The largest absolute Gasteiger partial charge is 0.497 e. The average Bonchev–Trinajstić information content (AvgIpc) is 3.26. The molecule has 0 saturated heterocycles. The van der Waals surface area contributed by atoms with Crippen LogP contribution in [0.5, 0.6) is 5.75 Å². The van der Waals surface area contributed by atoms with Gasteiger partial charge in [-0.3, -0.25) is 0 Å².